The van der Waals surface area contributed by atoms with Crippen molar-refractivity contribution >= 4 is 35.1 Å². The Morgan fingerprint density at radius 1 is 1.25 bits per heavy atom. The van der Waals surface area contributed by atoms with Crippen molar-refractivity contribution < 1.29 is 18.4 Å². The Kier molecular flexibility index (Phi) is 8.63. The summed E-state index contributed by atoms with van der Waals surface area (Å²) in [6.07, 6.45) is 1.24. The SMILES string of the molecule is CN1CCC(NC(=O)C2NC(CC(C)(C)C)C(C#N)(c3ccc(Cl)cc3F)C2c2cccc(Cl)c2F)CC1=C=O. The molecule has 2 N–H and O–H groups in total. The van der Waals surface area contributed by atoms with E-state index in [-0.39, 0.29) is 39.0 Å². The molecule has 2 fully saturated rings. The maximum absolute atomic E-state index is 15.7. The van der Waals surface area contributed by atoms with Crippen molar-refractivity contribution in [1.82, 2.24) is 15.5 Å². The van der Waals surface area contributed by atoms with Crippen LogP contribution >= 0.6 is 23.2 Å². The standard InChI is InChI=1S/C30H32Cl2F2N4O2/c1-29(2,3)14-24-30(16-35,21-9-8-17(31)12-23(21)33)25(20-6-5-7-22(32)26(20)34)27(37-24)28(40)36-18-10-11-38(4)19(13-18)15-39/h5-9,12,18,24-25,27,37H,10-11,13-14H2,1-4H3,(H,36,40). The van der Waals surface area contributed by atoms with Gasteiger partial charge in [0, 0.05) is 48.6 Å². The van der Waals surface area contributed by atoms with Gasteiger partial charge in [0.25, 0.3) is 0 Å². The number of benzene rings is 2. The number of hydrogen-bond acceptors (Lipinski definition) is 5. The number of nitriles is 1. The summed E-state index contributed by atoms with van der Waals surface area (Å²) in [4.78, 5) is 27.2. The van der Waals surface area contributed by atoms with Crippen molar-refractivity contribution in [3.8, 4) is 6.07 Å². The van der Waals surface area contributed by atoms with Gasteiger partial charge in [0.15, 0.2) is 0 Å². The Morgan fingerprint density at radius 3 is 2.60 bits per heavy atom. The van der Waals surface area contributed by atoms with Crippen LogP contribution < -0.4 is 10.6 Å². The van der Waals surface area contributed by atoms with Crippen molar-refractivity contribution in [2.75, 3.05) is 13.6 Å². The Hall–Kier alpha value is -2.95. The number of piperidine rings is 1. The Balaban J connectivity index is 1.89. The molecule has 40 heavy (non-hydrogen) atoms. The Labute approximate surface area is 243 Å². The number of rotatable bonds is 5. The molecule has 4 rings (SSSR count). The number of carbonyl (C=O) groups excluding carboxylic acids is 2. The minimum Gasteiger partial charge on any atom is -0.369 e. The molecule has 5 atom stereocenters. The van der Waals surface area contributed by atoms with Gasteiger partial charge in [-0.2, -0.15) is 5.26 Å². The fraction of sp³-hybridized carbons (Fsp3) is 0.467. The summed E-state index contributed by atoms with van der Waals surface area (Å²) in [7, 11) is 1.79. The molecule has 2 heterocycles. The van der Waals surface area contributed by atoms with Gasteiger partial charge in [-0.1, -0.05) is 62.2 Å². The average Bonchev–Trinajstić information content (AvgIpc) is 3.19. The first-order valence-corrected chi connectivity index (χ1v) is 13.9. The highest BCUT2D eigenvalue weighted by atomic mass is 35.5. The van der Waals surface area contributed by atoms with Gasteiger partial charge in [-0.05, 0) is 42.0 Å². The van der Waals surface area contributed by atoms with Gasteiger partial charge in [0.1, 0.15) is 28.7 Å². The number of amides is 1. The lowest BCUT2D eigenvalue weighted by atomic mass is 9.62. The van der Waals surface area contributed by atoms with Crippen LogP contribution in [0.2, 0.25) is 10.0 Å². The smallest absolute Gasteiger partial charge is 0.238 e. The molecule has 2 aromatic carbocycles. The lowest BCUT2D eigenvalue weighted by Crippen LogP contribution is -2.50. The molecule has 0 saturated carbocycles. The molecule has 0 radical (unpaired) electrons. The van der Waals surface area contributed by atoms with Crippen LogP contribution in [0.3, 0.4) is 0 Å². The van der Waals surface area contributed by atoms with E-state index in [1.807, 2.05) is 26.7 Å². The highest BCUT2D eigenvalue weighted by Gasteiger charge is 2.61. The summed E-state index contributed by atoms with van der Waals surface area (Å²) in [5.41, 5.74) is -1.55. The molecule has 0 bridgehead atoms. The van der Waals surface area contributed by atoms with E-state index < -0.39 is 41.0 Å². The third-order valence-electron chi connectivity index (χ3n) is 7.91. The second-order valence-electron chi connectivity index (χ2n) is 11.9. The minimum atomic E-state index is -1.70. The van der Waals surface area contributed by atoms with Gasteiger partial charge in [0.2, 0.25) is 5.91 Å². The summed E-state index contributed by atoms with van der Waals surface area (Å²) in [5, 5.41) is 17.2. The highest BCUT2D eigenvalue weighted by Crippen LogP contribution is 2.52. The van der Waals surface area contributed by atoms with E-state index in [0.717, 1.165) is 6.07 Å². The monoisotopic (exact) mass is 588 g/mol. The minimum absolute atomic E-state index is 0.0197. The number of nitrogens with zero attached hydrogens (tertiary/aromatic N) is 2. The normalized spacial score (nSPS) is 26.8. The Bertz CT molecular complexity index is 1400. The van der Waals surface area contributed by atoms with Crippen LogP contribution in [0.5, 0.6) is 0 Å². The zero-order valence-electron chi connectivity index (χ0n) is 22.8. The molecule has 0 aromatic heterocycles. The van der Waals surface area contributed by atoms with Crippen molar-refractivity contribution in [3.05, 3.63) is 74.9 Å². The predicted octanol–water partition coefficient (Wildman–Crippen LogP) is 5.52. The zero-order chi connectivity index (χ0) is 29.4. The summed E-state index contributed by atoms with van der Waals surface area (Å²) >= 11 is 12.2. The summed E-state index contributed by atoms with van der Waals surface area (Å²) in [6.45, 7) is 6.47. The zero-order valence-corrected chi connectivity index (χ0v) is 24.3. The van der Waals surface area contributed by atoms with E-state index >= 15 is 8.78 Å². The van der Waals surface area contributed by atoms with E-state index in [1.165, 1.54) is 24.3 Å². The van der Waals surface area contributed by atoms with Crippen LogP contribution in [0.4, 0.5) is 8.78 Å². The molecule has 212 valence electrons. The summed E-state index contributed by atoms with van der Waals surface area (Å²) in [5.74, 6) is -1.19. The third-order valence-corrected chi connectivity index (χ3v) is 8.44. The van der Waals surface area contributed by atoms with E-state index in [4.69, 9.17) is 23.2 Å². The third kappa shape index (κ3) is 5.62. The fourth-order valence-electron chi connectivity index (χ4n) is 6.07. The van der Waals surface area contributed by atoms with Gasteiger partial charge in [-0.3, -0.25) is 4.79 Å². The quantitative estimate of drug-likeness (QED) is 0.449. The molecular weight excluding hydrogens is 557 g/mol. The first-order chi connectivity index (χ1) is 18.8. The molecule has 0 spiro atoms. The van der Waals surface area contributed by atoms with Crippen LogP contribution in [0.1, 0.15) is 57.1 Å². The molecule has 2 aromatic rings. The molecule has 0 aliphatic carbocycles. The highest BCUT2D eigenvalue weighted by molar-refractivity contribution is 6.31. The van der Waals surface area contributed by atoms with Crippen molar-refractivity contribution in [2.45, 2.75) is 69.5 Å². The van der Waals surface area contributed by atoms with Crippen LogP contribution in [0, 0.1) is 28.4 Å². The van der Waals surface area contributed by atoms with Crippen LogP contribution in [0.15, 0.2) is 42.1 Å². The van der Waals surface area contributed by atoms with E-state index in [9.17, 15) is 14.9 Å². The van der Waals surface area contributed by atoms with Crippen LogP contribution in [-0.4, -0.2) is 48.5 Å². The lowest BCUT2D eigenvalue weighted by molar-refractivity contribution is -0.124. The molecular formula is C30H32Cl2F2N4O2. The van der Waals surface area contributed by atoms with E-state index in [1.54, 1.807) is 18.0 Å². The van der Waals surface area contributed by atoms with Gasteiger partial charge in [-0.15, -0.1) is 0 Å². The number of hydrogen-bond donors (Lipinski definition) is 2. The van der Waals surface area contributed by atoms with E-state index in [2.05, 4.69) is 16.7 Å². The first-order valence-electron chi connectivity index (χ1n) is 13.1. The van der Waals surface area contributed by atoms with Crippen molar-refractivity contribution in [3.63, 3.8) is 0 Å². The number of halogens is 4. The summed E-state index contributed by atoms with van der Waals surface area (Å²) in [6, 6.07) is 8.57. The number of likely N-dealkylation sites (tertiary alicyclic amines) is 1. The first kappa shape index (κ1) is 30.0. The second kappa shape index (κ2) is 11.5. The fourth-order valence-corrected chi connectivity index (χ4v) is 6.41. The summed E-state index contributed by atoms with van der Waals surface area (Å²) < 4.78 is 31.4. The maximum atomic E-state index is 15.7. The Morgan fingerprint density at radius 2 is 1.98 bits per heavy atom. The average molecular weight is 590 g/mol. The van der Waals surface area contributed by atoms with Gasteiger partial charge in [0.05, 0.1) is 17.1 Å². The van der Waals surface area contributed by atoms with E-state index in [0.29, 0.717) is 25.1 Å². The lowest BCUT2D eigenvalue weighted by Gasteiger charge is -2.37. The molecule has 5 unspecified atom stereocenters. The van der Waals surface area contributed by atoms with Crippen molar-refractivity contribution in [2.24, 2.45) is 5.41 Å². The van der Waals surface area contributed by atoms with Crippen molar-refractivity contribution in [1.29, 1.82) is 5.26 Å². The molecule has 10 heteroatoms. The molecule has 2 saturated heterocycles. The molecule has 2 aliphatic rings. The molecule has 1 amide bonds. The number of nitrogens with one attached hydrogen (secondary N) is 2. The van der Waals surface area contributed by atoms with Crippen LogP contribution in [-0.2, 0) is 15.0 Å². The second-order valence-corrected chi connectivity index (χ2v) is 12.7. The maximum Gasteiger partial charge on any atom is 0.238 e. The van der Waals surface area contributed by atoms with Gasteiger partial charge < -0.3 is 15.5 Å². The van der Waals surface area contributed by atoms with Gasteiger partial charge >= 0.3 is 0 Å². The molecule has 6 nitrogen and oxygen atoms in total. The molecule has 2 aliphatic heterocycles. The largest absolute Gasteiger partial charge is 0.369 e. The predicted molar refractivity (Wildman–Crippen MR) is 151 cm³/mol. The van der Waals surface area contributed by atoms with Gasteiger partial charge in [-0.25, -0.2) is 13.6 Å². The number of carbonyl (C=O) groups is 1. The van der Waals surface area contributed by atoms with Crippen LogP contribution in [0.25, 0.3) is 0 Å². The topological polar surface area (TPSA) is 85.2 Å².